The van der Waals surface area contributed by atoms with Crippen LogP contribution in [-0.2, 0) is 11.3 Å². The van der Waals surface area contributed by atoms with Crippen molar-refractivity contribution in [1.82, 2.24) is 5.32 Å². The summed E-state index contributed by atoms with van der Waals surface area (Å²) in [7, 11) is 1.65. The predicted molar refractivity (Wildman–Crippen MR) is 84.3 cm³/mol. The van der Waals surface area contributed by atoms with Crippen molar-refractivity contribution in [2.24, 2.45) is 0 Å². The van der Waals surface area contributed by atoms with Crippen LogP contribution in [0.1, 0.15) is 34.3 Å². The molecule has 0 radical (unpaired) electrons. The molecule has 0 aliphatic rings. The zero-order valence-corrected chi connectivity index (χ0v) is 12.5. The van der Waals surface area contributed by atoms with Crippen LogP contribution >= 0.6 is 0 Å². The average Bonchev–Trinajstić information content (AvgIpc) is 2.53. The molecule has 0 aliphatic heterocycles. The zero-order valence-electron chi connectivity index (χ0n) is 12.5. The van der Waals surface area contributed by atoms with E-state index in [0.717, 1.165) is 5.56 Å². The highest BCUT2D eigenvalue weighted by Gasteiger charge is 2.09. The van der Waals surface area contributed by atoms with Gasteiger partial charge in [0.1, 0.15) is 0 Å². The van der Waals surface area contributed by atoms with E-state index in [1.165, 1.54) is 5.56 Å². The van der Waals surface area contributed by atoms with E-state index in [-0.39, 0.29) is 11.8 Å². The number of nitrogens with one attached hydrogen (secondary N) is 1. The van der Waals surface area contributed by atoms with Gasteiger partial charge in [-0.3, -0.25) is 4.79 Å². The molecule has 110 valence electrons. The van der Waals surface area contributed by atoms with Crippen LogP contribution in [0.2, 0.25) is 0 Å². The van der Waals surface area contributed by atoms with E-state index < -0.39 is 0 Å². The molecule has 0 heterocycles. The van der Waals surface area contributed by atoms with Crippen molar-refractivity contribution < 1.29 is 9.53 Å². The van der Waals surface area contributed by atoms with Crippen molar-refractivity contribution in [1.29, 1.82) is 0 Å². The SMILES string of the molecule is COCc1cccc(C(=O)NCC(C)c2ccccc2)c1. The lowest BCUT2D eigenvalue weighted by Gasteiger charge is -2.13. The number of hydrogen-bond donors (Lipinski definition) is 1. The van der Waals surface area contributed by atoms with E-state index in [9.17, 15) is 4.79 Å². The molecule has 21 heavy (non-hydrogen) atoms. The zero-order chi connectivity index (χ0) is 15.1. The van der Waals surface area contributed by atoms with Crippen molar-refractivity contribution in [3.8, 4) is 0 Å². The van der Waals surface area contributed by atoms with Gasteiger partial charge in [0.25, 0.3) is 5.91 Å². The highest BCUT2D eigenvalue weighted by Crippen LogP contribution is 2.13. The van der Waals surface area contributed by atoms with Gasteiger partial charge in [0.2, 0.25) is 0 Å². The van der Waals surface area contributed by atoms with Crippen LogP contribution < -0.4 is 5.32 Å². The van der Waals surface area contributed by atoms with Gasteiger partial charge in [0.15, 0.2) is 0 Å². The quantitative estimate of drug-likeness (QED) is 0.882. The molecule has 0 spiro atoms. The Morgan fingerprint density at radius 2 is 1.90 bits per heavy atom. The van der Waals surface area contributed by atoms with Crippen molar-refractivity contribution in [2.45, 2.75) is 19.4 Å². The normalized spacial score (nSPS) is 11.9. The van der Waals surface area contributed by atoms with Gasteiger partial charge in [0, 0.05) is 19.2 Å². The minimum atomic E-state index is -0.0456. The molecule has 0 saturated carbocycles. The fourth-order valence-electron chi connectivity index (χ4n) is 2.22. The lowest BCUT2D eigenvalue weighted by atomic mass is 10.0. The Morgan fingerprint density at radius 1 is 1.14 bits per heavy atom. The summed E-state index contributed by atoms with van der Waals surface area (Å²) < 4.78 is 5.09. The van der Waals surface area contributed by atoms with Gasteiger partial charge in [-0.1, -0.05) is 49.4 Å². The highest BCUT2D eigenvalue weighted by atomic mass is 16.5. The summed E-state index contributed by atoms with van der Waals surface area (Å²) in [5.41, 5.74) is 2.90. The first-order valence-corrected chi connectivity index (χ1v) is 7.11. The first kappa shape index (κ1) is 15.3. The molecule has 1 N–H and O–H groups in total. The van der Waals surface area contributed by atoms with Crippen LogP contribution in [0.15, 0.2) is 54.6 Å². The molecule has 0 saturated heterocycles. The molecule has 2 aromatic carbocycles. The van der Waals surface area contributed by atoms with Gasteiger partial charge < -0.3 is 10.1 Å². The smallest absolute Gasteiger partial charge is 0.251 e. The number of carbonyl (C=O) groups excluding carboxylic acids is 1. The third kappa shape index (κ3) is 4.43. The molecule has 0 aliphatic carbocycles. The number of ether oxygens (including phenoxy) is 1. The molecular formula is C18H21NO2. The van der Waals surface area contributed by atoms with Gasteiger partial charge in [-0.2, -0.15) is 0 Å². The van der Waals surface area contributed by atoms with Crippen LogP contribution in [0.25, 0.3) is 0 Å². The monoisotopic (exact) mass is 283 g/mol. The molecule has 3 nitrogen and oxygen atoms in total. The van der Waals surface area contributed by atoms with E-state index in [2.05, 4.69) is 24.4 Å². The minimum Gasteiger partial charge on any atom is -0.380 e. The molecule has 1 amide bonds. The number of rotatable bonds is 6. The Kier molecular flexibility index (Phi) is 5.52. The largest absolute Gasteiger partial charge is 0.380 e. The molecule has 0 aromatic heterocycles. The first-order chi connectivity index (χ1) is 10.2. The maximum absolute atomic E-state index is 12.2. The Balaban J connectivity index is 1.94. The topological polar surface area (TPSA) is 38.3 Å². The third-order valence-electron chi connectivity index (χ3n) is 3.44. The maximum Gasteiger partial charge on any atom is 0.251 e. The molecule has 0 bridgehead atoms. The molecule has 0 fully saturated rings. The van der Waals surface area contributed by atoms with Crippen LogP contribution in [-0.4, -0.2) is 19.6 Å². The van der Waals surface area contributed by atoms with E-state index >= 15 is 0 Å². The Hall–Kier alpha value is -2.13. The number of benzene rings is 2. The van der Waals surface area contributed by atoms with Crippen LogP contribution in [0.4, 0.5) is 0 Å². The summed E-state index contributed by atoms with van der Waals surface area (Å²) in [6.07, 6.45) is 0. The van der Waals surface area contributed by atoms with E-state index in [1.807, 2.05) is 42.5 Å². The molecule has 1 atom stereocenters. The number of methoxy groups -OCH3 is 1. The summed E-state index contributed by atoms with van der Waals surface area (Å²) in [6.45, 7) is 3.25. The Bertz CT molecular complexity index is 581. The van der Waals surface area contributed by atoms with Crippen molar-refractivity contribution in [2.75, 3.05) is 13.7 Å². The van der Waals surface area contributed by atoms with Crippen LogP contribution in [0.3, 0.4) is 0 Å². The second-order valence-electron chi connectivity index (χ2n) is 5.16. The van der Waals surface area contributed by atoms with E-state index in [4.69, 9.17) is 4.74 Å². The number of hydrogen-bond acceptors (Lipinski definition) is 2. The summed E-state index contributed by atoms with van der Waals surface area (Å²) in [4.78, 5) is 12.2. The summed E-state index contributed by atoms with van der Waals surface area (Å²) in [6, 6.07) is 17.7. The Morgan fingerprint density at radius 3 is 2.62 bits per heavy atom. The second-order valence-corrected chi connectivity index (χ2v) is 5.16. The lowest BCUT2D eigenvalue weighted by Crippen LogP contribution is -2.27. The molecule has 2 aromatic rings. The summed E-state index contributed by atoms with van der Waals surface area (Å²) in [5, 5.41) is 2.99. The van der Waals surface area contributed by atoms with Gasteiger partial charge >= 0.3 is 0 Å². The highest BCUT2D eigenvalue weighted by molar-refractivity contribution is 5.94. The maximum atomic E-state index is 12.2. The van der Waals surface area contributed by atoms with Crippen molar-refractivity contribution in [3.63, 3.8) is 0 Å². The fourth-order valence-corrected chi connectivity index (χ4v) is 2.22. The predicted octanol–water partition coefficient (Wildman–Crippen LogP) is 3.37. The number of carbonyl (C=O) groups is 1. The van der Waals surface area contributed by atoms with Gasteiger partial charge in [-0.15, -0.1) is 0 Å². The lowest BCUT2D eigenvalue weighted by molar-refractivity contribution is 0.0951. The van der Waals surface area contributed by atoms with Gasteiger partial charge in [-0.05, 0) is 29.2 Å². The minimum absolute atomic E-state index is 0.0456. The fraction of sp³-hybridized carbons (Fsp3) is 0.278. The Labute approximate surface area is 126 Å². The molecule has 2 rings (SSSR count). The number of amides is 1. The van der Waals surface area contributed by atoms with E-state index in [0.29, 0.717) is 18.7 Å². The molecule has 3 heteroatoms. The van der Waals surface area contributed by atoms with Crippen LogP contribution in [0, 0.1) is 0 Å². The van der Waals surface area contributed by atoms with Gasteiger partial charge in [0.05, 0.1) is 6.61 Å². The third-order valence-corrected chi connectivity index (χ3v) is 3.44. The van der Waals surface area contributed by atoms with Crippen LogP contribution in [0.5, 0.6) is 0 Å². The molecular weight excluding hydrogens is 262 g/mol. The standard InChI is InChI=1S/C18H21NO2/c1-14(16-8-4-3-5-9-16)12-19-18(20)17-10-6-7-15(11-17)13-21-2/h3-11,14H,12-13H2,1-2H3,(H,19,20). The first-order valence-electron chi connectivity index (χ1n) is 7.11. The summed E-state index contributed by atoms with van der Waals surface area (Å²) in [5.74, 6) is 0.244. The molecule has 1 unspecified atom stereocenters. The summed E-state index contributed by atoms with van der Waals surface area (Å²) >= 11 is 0. The average molecular weight is 283 g/mol. The van der Waals surface area contributed by atoms with Crippen molar-refractivity contribution >= 4 is 5.91 Å². The second kappa shape index (κ2) is 7.60. The van der Waals surface area contributed by atoms with Gasteiger partial charge in [-0.25, -0.2) is 0 Å². The van der Waals surface area contributed by atoms with Crippen molar-refractivity contribution in [3.05, 3.63) is 71.3 Å². The van der Waals surface area contributed by atoms with E-state index in [1.54, 1.807) is 7.11 Å².